The van der Waals surface area contributed by atoms with Gasteiger partial charge in [0.05, 0.1) is 19.1 Å². The maximum absolute atomic E-state index is 12.6. The number of ether oxygens (including phenoxy) is 1. The van der Waals surface area contributed by atoms with Crippen LogP contribution < -0.4 is 14.4 Å². The molecule has 0 radical (unpaired) electrons. The Morgan fingerprint density at radius 3 is 2.59 bits per heavy atom. The molecule has 8 nitrogen and oxygen atoms in total. The Kier molecular flexibility index (Phi) is 7.06. The standard InChI is InChI=1S/C16H22N4O4S3/c1-10(2)25-16-19-18-15(26-16)17-14(21)11(3)20(27(5,22)23)12-7-6-8-13(9-12)24-4/h6-11H,1-5H3,(H,17,18,21)/t11-/m0/s1. The minimum Gasteiger partial charge on any atom is -0.497 e. The number of hydrogen-bond acceptors (Lipinski definition) is 8. The second-order valence-electron chi connectivity index (χ2n) is 5.97. The fourth-order valence-electron chi connectivity index (χ4n) is 2.28. The summed E-state index contributed by atoms with van der Waals surface area (Å²) in [5.74, 6) is -0.00581. The molecule has 1 heterocycles. The highest BCUT2D eigenvalue weighted by Crippen LogP contribution is 2.29. The van der Waals surface area contributed by atoms with Gasteiger partial charge in [0.15, 0.2) is 4.34 Å². The number of aromatic nitrogens is 2. The van der Waals surface area contributed by atoms with Crippen molar-refractivity contribution in [3.05, 3.63) is 24.3 Å². The Morgan fingerprint density at radius 1 is 1.30 bits per heavy atom. The fraction of sp³-hybridized carbons (Fsp3) is 0.438. The molecule has 2 rings (SSSR count). The molecular formula is C16H22N4O4S3. The van der Waals surface area contributed by atoms with Crippen LogP contribution in [0, 0.1) is 0 Å². The molecule has 2 aromatic rings. The summed E-state index contributed by atoms with van der Waals surface area (Å²) in [5.41, 5.74) is 0.341. The molecule has 11 heteroatoms. The van der Waals surface area contributed by atoms with E-state index >= 15 is 0 Å². The van der Waals surface area contributed by atoms with E-state index in [4.69, 9.17) is 4.74 Å². The van der Waals surface area contributed by atoms with Gasteiger partial charge < -0.3 is 4.74 Å². The highest BCUT2D eigenvalue weighted by atomic mass is 32.2. The van der Waals surface area contributed by atoms with E-state index in [9.17, 15) is 13.2 Å². The first-order valence-corrected chi connectivity index (χ1v) is 11.6. The lowest BCUT2D eigenvalue weighted by Gasteiger charge is -2.28. The Bertz CT molecular complexity index is 899. The number of thioether (sulfide) groups is 1. The van der Waals surface area contributed by atoms with Crippen molar-refractivity contribution >= 4 is 49.8 Å². The normalized spacial score (nSPS) is 12.7. The van der Waals surface area contributed by atoms with Gasteiger partial charge >= 0.3 is 0 Å². The van der Waals surface area contributed by atoms with Crippen molar-refractivity contribution in [1.29, 1.82) is 0 Å². The van der Waals surface area contributed by atoms with Gasteiger partial charge in [-0.3, -0.25) is 14.4 Å². The van der Waals surface area contributed by atoms with E-state index < -0.39 is 22.0 Å². The van der Waals surface area contributed by atoms with E-state index in [1.165, 1.54) is 37.1 Å². The van der Waals surface area contributed by atoms with E-state index in [-0.39, 0.29) is 0 Å². The van der Waals surface area contributed by atoms with Crippen LogP contribution in [0.25, 0.3) is 0 Å². The summed E-state index contributed by atoms with van der Waals surface area (Å²) in [7, 11) is -2.22. The number of rotatable bonds is 8. The molecule has 1 amide bonds. The van der Waals surface area contributed by atoms with Crippen LogP contribution >= 0.6 is 23.1 Å². The smallest absolute Gasteiger partial charge is 0.249 e. The Balaban J connectivity index is 2.23. The van der Waals surface area contributed by atoms with Crippen LogP contribution in [0.2, 0.25) is 0 Å². The molecule has 0 aliphatic heterocycles. The van der Waals surface area contributed by atoms with Gasteiger partial charge in [-0.15, -0.1) is 10.2 Å². The molecule has 27 heavy (non-hydrogen) atoms. The van der Waals surface area contributed by atoms with Crippen LogP contribution in [0.5, 0.6) is 5.75 Å². The first kappa shape index (κ1) is 21.5. The number of carbonyl (C=O) groups excluding carboxylic acids is 1. The average Bonchev–Trinajstić information content (AvgIpc) is 2.99. The van der Waals surface area contributed by atoms with Gasteiger partial charge in [-0.05, 0) is 19.1 Å². The topological polar surface area (TPSA) is 101 Å². The summed E-state index contributed by atoms with van der Waals surface area (Å²) in [6, 6.07) is 5.54. The zero-order chi connectivity index (χ0) is 20.2. The Hall–Kier alpha value is -1.85. The maximum atomic E-state index is 12.6. The van der Waals surface area contributed by atoms with Crippen LogP contribution in [0.4, 0.5) is 10.8 Å². The lowest BCUT2D eigenvalue weighted by molar-refractivity contribution is -0.116. The molecule has 0 saturated heterocycles. The number of nitrogens with zero attached hydrogens (tertiary/aromatic N) is 3. The third-order valence-electron chi connectivity index (χ3n) is 3.37. The monoisotopic (exact) mass is 430 g/mol. The summed E-state index contributed by atoms with van der Waals surface area (Å²) in [4.78, 5) is 12.6. The van der Waals surface area contributed by atoms with Crippen molar-refractivity contribution in [1.82, 2.24) is 10.2 Å². The minimum atomic E-state index is -3.71. The van der Waals surface area contributed by atoms with E-state index in [1.54, 1.807) is 24.3 Å². The van der Waals surface area contributed by atoms with Gasteiger partial charge in [-0.1, -0.05) is 43.0 Å². The number of carbonyl (C=O) groups is 1. The molecule has 1 aromatic carbocycles. The number of anilines is 2. The third kappa shape index (κ3) is 5.81. The van der Waals surface area contributed by atoms with Gasteiger partial charge in [-0.2, -0.15) is 0 Å². The van der Waals surface area contributed by atoms with Gasteiger partial charge in [0, 0.05) is 11.3 Å². The zero-order valence-corrected chi connectivity index (χ0v) is 18.1. The molecule has 0 saturated carbocycles. The maximum Gasteiger partial charge on any atom is 0.249 e. The van der Waals surface area contributed by atoms with Gasteiger partial charge in [0.2, 0.25) is 21.1 Å². The van der Waals surface area contributed by atoms with Gasteiger partial charge in [0.1, 0.15) is 11.8 Å². The Morgan fingerprint density at radius 2 is 2.00 bits per heavy atom. The van der Waals surface area contributed by atoms with Crippen molar-refractivity contribution in [2.75, 3.05) is 23.0 Å². The van der Waals surface area contributed by atoms with E-state index in [1.807, 2.05) is 13.8 Å². The second kappa shape index (κ2) is 8.89. The number of hydrogen-bond donors (Lipinski definition) is 1. The van der Waals surface area contributed by atoms with Crippen molar-refractivity contribution in [3.8, 4) is 5.75 Å². The molecule has 1 N–H and O–H groups in total. The van der Waals surface area contributed by atoms with Crippen molar-refractivity contribution in [2.24, 2.45) is 0 Å². The van der Waals surface area contributed by atoms with Crippen LogP contribution in [-0.4, -0.2) is 49.2 Å². The highest BCUT2D eigenvalue weighted by Gasteiger charge is 2.30. The molecule has 0 aliphatic rings. The summed E-state index contributed by atoms with van der Waals surface area (Å²) >= 11 is 2.79. The van der Waals surface area contributed by atoms with Gasteiger partial charge in [-0.25, -0.2) is 8.42 Å². The SMILES string of the molecule is COc1cccc(N([C@@H](C)C(=O)Nc2nnc(SC(C)C)s2)S(C)(=O)=O)c1. The molecule has 1 atom stereocenters. The predicted octanol–water partition coefficient (Wildman–Crippen LogP) is 2.84. The quantitative estimate of drug-likeness (QED) is 0.507. The molecule has 0 fully saturated rings. The summed E-state index contributed by atoms with van der Waals surface area (Å²) in [5, 5.41) is 11.3. The number of nitrogens with one attached hydrogen (secondary N) is 1. The minimum absolute atomic E-state index is 0.328. The fourth-order valence-corrected chi connectivity index (χ4v) is 5.42. The third-order valence-corrected chi connectivity index (χ3v) is 6.54. The van der Waals surface area contributed by atoms with E-state index in [0.717, 1.165) is 14.9 Å². The molecular weight excluding hydrogens is 408 g/mol. The van der Waals surface area contributed by atoms with Gasteiger partial charge in [0.25, 0.3) is 0 Å². The first-order chi connectivity index (χ1) is 12.6. The summed E-state index contributed by atoms with van der Waals surface area (Å²) in [6.07, 6.45) is 1.05. The largest absolute Gasteiger partial charge is 0.497 e. The number of sulfonamides is 1. The lowest BCUT2D eigenvalue weighted by atomic mass is 10.2. The van der Waals surface area contributed by atoms with Crippen LogP contribution in [0.1, 0.15) is 20.8 Å². The average molecular weight is 431 g/mol. The van der Waals surface area contributed by atoms with Crippen molar-refractivity contribution < 1.29 is 17.9 Å². The van der Waals surface area contributed by atoms with Crippen LogP contribution in [-0.2, 0) is 14.8 Å². The molecule has 0 bridgehead atoms. The van der Waals surface area contributed by atoms with Crippen LogP contribution in [0.3, 0.4) is 0 Å². The van der Waals surface area contributed by atoms with Crippen molar-refractivity contribution in [2.45, 2.75) is 36.4 Å². The van der Waals surface area contributed by atoms with Crippen molar-refractivity contribution in [3.63, 3.8) is 0 Å². The number of methoxy groups -OCH3 is 1. The van der Waals surface area contributed by atoms with Crippen LogP contribution in [0.15, 0.2) is 28.6 Å². The van der Waals surface area contributed by atoms with E-state index in [2.05, 4.69) is 15.5 Å². The molecule has 0 spiro atoms. The first-order valence-electron chi connectivity index (χ1n) is 8.06. The zero-order valence-electron chi connectivity index (χ0n) is 15.7. The predicted molar refractivity (Wildman–Crippen MR) is 109 cm³/mol. The lowest BCUT2D eigenvalue weighted by Crippen LogP contribution is -2.45. The summed E-state index contributed by atoms with van der Waals surface area (Å²) < 4.78 is 31.6. The number of amides is 1. The second-order valence-corrected chi connectivity index (χ2v) is 10.6. The summed E-state index contributed by atoms with van der Waals surface area (Å²) in [6.45, 7) is 5.58. The molecule has 148 valence electrons. The van der Waals surface area contributed by atoms with E-state index in [0.29, 0.717) is 21.8 Å². The highest BCUT2D eigenvalue weighted by molar-refractivity contribution is 8.01. The molecule has 0 unspecified atom stereocenters. The molecule has 1 aromatic heterocycles. The Labute approximate surface area is 167 Å². The number of benzene rings is 1. The molecule has 0 aliphatic carbocycles.